The number of halogens is 1. The zero-order chi connectivity index (χ0) is 15.2. The lowest BCUT2D eigenvalue weighted by molar-refractivity contribution is -0.384. The molecule has 0 aliphatic heterocycles. The van der Waals surface area contributed by atoms with Gasteiger partial charge in [-0.05, 0) is 24.1 Å². The highest BCUT2D eigenvalue weighted by atomic mass is 35.5. The third-order valence-corrected chi connectivity index (χ3v) is 3.07. The van der Waals surface area contributed by atoms with Crippen LogP contribution in [0.1, 0.15) is 11.1 Å². The molecule has 7 heteroatoms. The maximum atomic E-state index is 10.9. The van der Waals surface area contributed by atoms with Crippen molar-refractivity contribution in [1.29, 1.82) is 5.26 Å². The van der Waals surface area contributed by atoms with Crippen LogP contribution in [0.15, 0.2) is 36.5 Å². The number of pyridine rings is 1. The summed E-state index contributed by atoms with van der Waals surface area (Å²) in [6.07, 6.45) is 1.80. The molecule has 1 aromatic carbocycles. The molecule has 0 spiro atoms. The monoisotopic (exact) mass is 302 g/mol. The van der Waals surface area contributed by atoms with E-state index in [0.29, 0.717) is 24.2 Å². The summed E-state index contributed by atoms with van der Waals surface area (Å²) in [6, 6.07) is 10.7. The molecule has 0 radical (unpaired) electrons. The molecule has 0 unspecified atom stereocenters. The molecular weight excluding hydrogens is 292 g/mol. The molecule has 21 heavy (non-hydrogen) atoms. The predicted molar refractivity (Wildman–Crippen MR) is 79.3 cm³/mol. The molecule has 2 rings (SSSR count). The van der Waals surface area contributed by atoms with Crippen LogP contribution in [0, 0.1) is 21.4 Å². The Morgan fingerprint density at radius 3 is 2.71 bits per heavy atom. The van der Waals surface area contributed by atoms with Crippen molar-refractivity contribution >= 4 is 23.0 Å². The van der Waals surface area contributed by atoms with E-state index in [2.05, 4.69) is 16.4 Å². The summed E-state index contributed by atoms with van der Waals surface area (Å²) in [7, 11) is 0. The molecule has 2 aromatic rings. The summed E-state index contributed by atoms with van der Waals surface area (Å²) in [4.78, 5) is 14.1. The van der Waals surface area contributed by atoms with Crippen molar-refractivity contribution < 1.29 is 4.92 Å². The number of anilines is 1. The van der Waals surface area contributed by atoms with Gasteiger partial charge in [0, 0.05) is 12.6 Å². The van der Waals surface area contributed by atoms with E-state index in [1.54, 1.807) is 12.1 Å². The smallest absolute Gasteiger partial charge is 0.310 e. The first-order valence-electron chi connectivity index (χ1n) is 6.13. The topological polar surface area (TPSA) is 91.8 Å². The lowest BCUT2D eigenvalue weighted by atomic mass is 10.1. The zero-order valence-corrected chi connectivity index (χ0v) is 11.7. The second-order valence-corrected chi connectivity index (χ2v) is 4.65. The molecule has 0 saturated heterocycles. The van der Waals surface area contributed by atoms with Crippen molar-refractivity contribution in [3.63, 3.8) is 0 Å². The normalized spacial score (nSPS) is 9.90. The molecule has 0 saturated carbocycles. The number of nitrogens with zero attached hydrogens (tertiary/aromatic N) is 3. The highest BCUT2D eigenvalue weighted by Crippen LogP contribution is 2.25. The second kappa shape index (κ2) is 6.68. The van der Waals surface area contributed by atoms with Crippen molar-refractivity contribution in [1.82, 2.24) is 4.98 Å². The molecule has 1 heterocycles. The summed E-state index contributed by atoms with van der Waals surface area (Å²) in [6.45, 7) is 0.507. The summed E-state index contributed by atoms with van der Waals surface area (Å²) in [5.74, 6) is 0. The third kappa shape index (κ3) is 3.91. The van der Waals surface area contributed by atoms with Crippen LogP contribution in [-0.2, 0) is 6.42 Å². The highest BCUT2D eigenvalue weighted by Gasteiger charge is 2.14. The largest absolute Gasteiger partial charge is 0.379 e. The Morgan fingerprint density at radius 2 is 2.10 bits per heavy atom. The van der Waals surface area contributed by atoms with Gasteiger partial charge < -0.3 is 5.32 Å². The minimum absolute atomic E-state index is 0.112. The molecule has 0 fully saturated rings. The second-order valence-electron chi connectivity index (χ2n) is 4.27. The maximum absolute atomic E-state index is 10.9. The lowest BCUT2D eigenvalue weighted by Crippen LogP contribution is -2.07. The van der Waals surface area contributed by atoms with Gasteiger partial charge >= 0.3 is 5.69 Å². The zero-order valence-electron chi connectivity index (χ0n) is 10.9. The SMILES string of the molecule is N#Cc1ccc(CCNc2cc(Cl)ncc2[N+](=O)[O-])cc1. The summed E-state index contributed by atoms with van der Waals surface area (Å²) in [5, 5.41) is 22.8. The minimum Gasteiger partial charge on any atom is -0.379 e. The fraction of sp³-hybridized carbons (Fsp3) is 0.143. The van der Waals surface area contributed by atoms with Gasteiger partial charge in [-0.2, -0.15) is 5.26 Å². The first-order chi connectivity index (χ1) is 10.1. The van der Waals surface area contributed by atoms with Gasteiger partial charge in [-0.25, -0.2) is 4.98 Å². The maximum Gasteiger partial charge on any atom is 0.310 e. The van der Waals surface area contributed by atoms with Gasteiger partial charge in [-0.15, -0.1) is 0 Å². The van der Waals surface area contributed by atoms with Gasteiger partial charge in [0.1, 0.15) is 17.0 Å². The number of nitrogens with one attached hydrogen (secondary N) is 1. The fourth-order valence-electron chi connectivity index (χ4n) is 1.80. The quantitative estimate of drug-likeness (QED) is 0.520. The Hall–Kier alpha value is -2.65. The molecule has 0 aliphatic rings. The molecule has 0 atom stereocenters. The van der Waals surface area contributed by atoms with Gasteiger partial charge in [0.15, 0.2) is 0 Å². The number of nitro groups is 1. The molecule has 1 aromatic heterocycles. The summed E-state index contributed by atoms with van der Waals surface area (Å²) < 4.78 is 0. The molecule has 0 aliphatic carbocycles. The molecule has 106 valence electrons. The van der Waals surface area contributed by atoms with E-state index in [1.807, 2.05) is 12.1 Å². The predicted octanol–water partition coefficient (Wildman–Crippen LogP) is 3.17. The van der Waals surface area contributed by atoms with E-state index in [1.165, 1.54) is 6.07 Å². The number of aromatic nitrogens is 1. The lowest BCUT2D eigenvalue weighted by Gasteiger charge is -2.07. The van der Waals surface area contributed by atoms with Crippen molar-refractivity contribution in [2.24, 2.45) is 0 Å². The van der Waals surface area contributed by atoms with E-state index in [9.17, 15) is 10.1 Å². The molecular formula is C14H11ClN4O2. The summed E-state index contributed by atoms with van der Waals surface area (Å²) in [5.41, 5.74) is 1.86. The Morgan fingerprint density at radius 1 is 1.38 bits per heavy atom. The van der Waals surface area contributed by atoms with Crippen molar-refractivity contribution in [3.05, 3.63) is 62.9 Å². The third-order valence-electron chi connectivity index (χ3n) is 2.86. The van der Waals surface area contributed by atoms with Gasteiger partial charge in [-0.3, -0.25) is 10.1 Å². The van der Waals surface area contributed by atoms with Crippen LogP contribution in [0.4, 0.5) is 11.4 Å². The average Bonchev–Trinajstić information content (AvgIpc) is 2.48. The van der Waals surface area contributed by atoms with E-state index in [4.69, 9.17) is 16.9 Å². The number of rotatable bonds is 5. The standard InChI is InChI=1S/C14H11ClN4O2/c15-14-7-12(13(9-18-14)19(20)21)17-6-5-10-1-3-11(8-16)4-2-10/h1-4,7,9H,5-6H2,(H,17,18). The first kappa shape index (κ1) is 14.8. The van der Waals surface area contributed by atoms with Crippen LogP contribution in [0.25, 0.3) is 0 Å². The van der Waals surface area contributed by atoms with Gasteiger partial charge in [0.05, 0.1) is 16.6 Å². The highest BCUT2D eigenvalue weighted by molar-refractivity contribution is 6.29. The Labute approximate surface area is 126 Å². The van der Waals surface area contributed by atoms with Gasteiger partial charge in [0.2, 0.25) is 0 Å². The minimum atomic E-state index is -0.507. The van der Waals surface area contributed by atoms with Gasteiger partial charge in [-0.1, -0.05) is 23.7 Å². The van der Waals surface area contributed by atoms with Crippen LogP contribution < -0.4 is 5.32 Å². The van der Waals surface area contributed by atoms with E-state index in [0.717, 1.165) is 11.8 Å². The Kier molecular flexibility index (Phi) is 4.69. The molecule has 1 N–H and O–H groups in total. The van der Waals surface area contributed by atoms with Crippen molar-refractivity contribution in [3.8, 4) is 6.07 Å². The van der Waals surface area contributed by atoms with Gasteiger partial charge in [0.25, 0.3) is 0 Å². The van der Waals surface area contributed by atoms with Crippen LogP contribution >= 0.6 is 11.6 Å². The number of hydrogen-bond donors (Lipinski definition) is 1. The Bertz CT molecular complexity index is 695. The fourth-order valence-corrected chi connectivity index (χ4v) is 1.96. The summed E-state index contributed by atoms with van der Waals surface area (Å²) >= 11 is 5.75. The molecule has 0 bridgehead atoms. The number of nitriles is 1. The van der Waals surface area contributed by atoms with E-state index >= 15 is 0 Å². The van der Waals surface area contributed by atoms with Crippen molar-refractivity contribution in [2.75, 3.05) is 11.9 Å². The van der Waals surface area contributed by atoms with Crippen LogP contribution in [0.2, 0.25) is 5.15 Å². The average molecular weight is 303 g/mol. The van der Waals surface area contributed by atoms with Crippen LogP contribution in [0.3, 0.4) is 0 Å². The van der Waals surface area contributed by atoms with E-state index in [-0.39, 0.29) is 10.8 Å². The van der Waals surface area contributed by atoms with Crippen LogP contribution in [-0.4, -0.2) is 16.5 Å². The molecule has 6 nitrogen and oxygen atoms in total. The van der Waals surface area contributed by atoms with Crippen molar-refractivity contribution in [2.45, 2.75) is 6.42 Å². The Balaban J connectivity index is 2.01. The number of hydrogen-bond acceptors (Lipinski definition) is 5. The van der Waals surface area contributed by atoms with E-state index < -0.39 is 4.92 Å². The first-order valence-corrected chi connectivity index (χ1v) is 6.51. The number of benzene rings is 1. The molecule has 0 amide bonds. The van der Waals surface area contributed by atoms with Crippen LogP contribution in [0.5, 0.6) is 0 Å².